The van der Waals surface area contributed by atoms with Gasteiger partial charge in [0.25, 0.3) is 0 Å². The van der Waals surface area contributed by atoms with Crippen LogP contribution in [-0.2, 0) is 30.8 Å². The van der Waals surface area contributed by atoms with Gasteiger partial charge in [-0.25, -0.2) is 0 Å². The van der Waals surface area contributed by atoms with Crippen molar-refractivity contribution in [3.05, 3.63) is 70.8 Å². The Morgan fingerprint density at radius 1 is 0.909 bits per heavy atom. The van der Waals surface area contributed by atoms with Crippen LogP contribution in [0.25, 0.3) is 0 Å². The van der Waals surface area contributed by atoms with Crippen LogP contribution in [0, 0.1) is 0 Å². The molecule has 2 aromatic carbocycles. The molecule has 2 aliphatic rings. The number of piperidine rings is 1. The molecular formula is C26H36IN5O. The van der Waals surface area contributed by atoms with Gasteiger partial charge in [0.1, 0.15) is 0 Å². The molecule has 7 heteroatoms. The summed E-state index contributed by atoms with van der Waals surface area (Å²) in [6.07, 6.45) is 4.93. The number of hydrogen-bond acceptors (Lipinski definition) is 3. The Kier molecular flexibility index (Phi) is 9.99. The largest absolute Gasteiger partial charge is 0.352 e. The first-order valence-corrected chi connectivity index (χ1v) is 11.8. The van der Waals surface area contributed by atoms with Crippen LogP contribution in [0.3, 0.4) is 0 Å². The van der Waals surface area contributed by atoms with Crippen LogP contribution in [0.15, 0.2) is 53.5 Å². The number of carbonyl (C=O) groups is 1. The third-order valence-corrected chi connectivity index (χ3v) is 6.45. The molecule has 6 nitrogen and oxygen atoms in total. The maximum absolute atomic E-state index is 12.7. The van der Waals surface area contributed by atoms with E-state index in [2.05, 4.69) is 63.0 Å². The maximum Gasteiger partial charge on any atom is 0.242 e. The van der Waals surface area contributed by atoms with Crippen molar-refractivity contribution in [3.63, 3.8) is 0 Å². The van der Waals surface area contributed by atoms with Crippen LogP contribution in [0.4, 0.5) is 0 Å². The van der Waals surface area contributed by atoms with Crippen molar-refractivity contribution in [2.24, 2.45) is 4.99 Å². The van der Waals surface area contributed by atoms with Gasteiger partial charge in [0.2, 0.25) is 5.91 Å². The molecule has 0 aromatic heterocycles. The number of benzene rings is 2. The molecule has 0 atom stereocenters. The minimum atomic E-state index is 0. The number of aliphatic imine (C=N–C) groups is 1. The lowest BCUT2D eigenvalue weighted by Crippen LogP contribution is -2.45. The highest BCUT2D eigenvalue weighted by molar-refractivity contribution is 14.0. The average Bonchev–Trinajstić information content (AvgIpc) is 2.85. The summed E-state index contributed by atoms with van der Waals surface area (Å²) >= 11 is 0. The second kappa shape index (κ2) is 12.9. The molecule has 2 aliphatic heterocycles. The number of likely N-dealkylation sites (tertiary alicyclic amines) is 1. The number of guanidine groups is 1. The topological polar surface area (TPSA) is 60.0 Å². The van der Waals surface area contributed by atoms with E-state index >= 15 is 0 Å². The zero-order chi connectivity index (χ0) is 22.2. The van der Waals surface area contributed by atoms with E-state index < -0.39 is 0 Å². The van der Waals surface area contributed by atoms with E-state index in [9.17, 15) is 4.79 Å². The number of carbonyl (C=O) groups excluding carboxylic acids is 1. The highest BCUT2D eigenvalue weighted by Crippen LogP contribution is 2.18. The molecule has 0 unspecified atom stereocenters. The van der Waals surface area contributed by atoms with E-state index in [1.54, 1.807) is 7.05 Å². The Morgan fingerprint density at radius 3 is 2.33 bits per heavy atom. The second-order valence-electron chi connectivity index (χ2n) is 8.77. The number of amides is 1. The minimum Gasteiger partial charge on any atom is -0.352 e. The van der Waals surface area contributed by atoms with Crippen LogP contribution in [0.2, 0.25) is 0 Å². The van der Waals surface area contributed by atoms with Gasteiger partial charge in [-0.1, -0.05) is 55.0 Å². The van der Waals surface area contributed by atoms with Gasteiger partial charge in [-0.15, -0.1) is 24.0 Å². The van der Waals surface area contributed by atoms with Gasteiger partial charge < -0.3 is 15.5 Å². The summed E-state index contributed by atoms with van der Waals surface area (Å²) in [5, 5.41) is 6.49. The van der Waals surface area contributed by atoms with Crippen molar-refractivity contribution < 1.29 is 4.79 Å². The minimum absolute atomic E-state index is 0. The zero-order valence-corrected chi connectivity index (χ0v) is 21.9. The van der Waals surface area contributed by atoms with Crippen molar-refractivity contribution in [1.29, 1.82) is 0 Å². The summed E-state index contributed by atoms with van der Waals surface area (Å²) < 4.78 is 0. The number of rotatable bonds is 6. The van der Waals surface area contributed by atoms with Crippen molar-refractivity contribution in [2.45, 2.75) is 45.3 Å². The quantitative estimate of drug-likeness (QED) is 0.322. The highest BCUT2D eigenvalue weighted by atomic mass is 127. The third-order valence-electron chi connectivity index (χ3n) is 6.45. The fraction of sp³-hybridized carbons (Fsp3) is 0.462. The number of hydrogen-bond donors (Lipinski definition) is 2. The number of nitrogens with zero attached hydrogens (tertiary/aromatic N) is 3. The van der Waals surface area contributed by atoms with E-state index in [0.29, 0.717) is 19.0 Å². The zero-order valence-electron chi connectivity index (χ0n) is 19.6. The van der Waals surface area contributed by atoms with E-state index in [4.69, 9.17) is 0 Å². The monoisotopic (exact) mass is 561 g/mol. The highest BCUT2D eigenvalue weighted by Gasteiger charge is 2.20. The van der Waals surface area contributed by atoms with Gasteiger partial charge in [0, 0.05) is 33.2 Å². The Morgan fingerprint density at radius 2 is 1.61 bits per heavy atom. The Hall–Kier alpha value is -2.13. The molecule has 4 rings (SSSR count). The Labute approximate surface area is 214 Å². The lowest BCUT2D eigenvalue weighted by Gasteiger charge is -2.29. The van der Waals surface area contributed by atoms with Crippen LogP contribution < -0.4 is 10.6 Å². The molecule has 1 amide bonds. The normalized spacial score (nSPS) is 16.5. The third kappa shape index (κ3) is 7.43. The van der Waals surface area contributed by atoms with Crippen molar-refractivity contribution >= 4 is 35.8 Å². The second-order valence-corrected chi connectivity index (χ2v) is 8.77. The molecule has 0 spiro atoms. The molecule has 2 N–H and O–H groups in total. The summed E-state index contributed by atoms with van der Waals surface area (Å²) in [6, 6.07) is 17.2. The molecule has 1 fully saturated rings. The molecule has 0 saturated carbocycles. The molecule has 1 saturated heterocycles. The van der Waals surface area contributed by atoms with Gasteiger partial charge in [0.15, 0.2) is 5.96 Å². The smallest absolute Gasteiger partial charge is 0.242 e. The van der Waals surface area contributed by atoms with Gasteiger partial charge in [-0.05, 0) is 54.6 Å². The average molecular weight is 562 g/mol. The predicted octanol–water partition coefficient (Wildman–Crippen LogP) is 3.54. The van der Waals surface area contributed by atoms with Crippen LogP contribution in [0.1, 0.15) is 41.5 Å². The summed E-state index contributed by atoms with van der Waals surface area (Å²) in [5.41, 5.74) is 5.17. The molecule has 2 heterocycles. The van der Waals surface area contributed by atoms with E-state index in [1.807, 2.05) is 11.0 Å². The molecule has 0 bridgehead atoms. The summed E-state index contributed by atoms with van der Waals surface area (Å²) in [4.78, 5) is 21.4. The van der Waals surface area contributed by atoms with E-state index in [0.717, 1.165) is 19.5 Å². The summed E-state index contributed by atoms with van der Waals surface area (Å²) in [5.74, 6) is 0.748. The van der Waals surface area contributed by atoms with Crippen molar-refractivity contribution in [1.82, 2.24) is 20.4 Å². The van der Waals surface area contributed by atoms with Gasteiger partial charge in [0.05, 0.1) is 6.54 Å². The molecule has 178 valence electrons. The van der Waals surface area contributed by atoms with Gasteiger partial charge >= 0.3 is 0 Å². The predicted molar refractivity (Wildman–Crippen MR) is 145 cm³/mol. The first-order chi connectivity index (χ1) is 15.7. The number of fused-ring (bicyclic) bond motifs is 1. The fourth-order valence-electron chi connectivity index (χ4n) is 4.52. The van der Waals surface area contributed by atoms with Crippen molar-refractivity contribution in [2.75, 3.05) is 33.2 Å². The molecule has 33 heavy (non-hydrogen) atoms. The Bertz CT molecular complexity index is 925. The van der Waals surface area contributed by atoms with Crippen LogP contribution in [0.5, 0.6) is 0 Å². The molecule has 0 radical (unpaired) electrons. The lowest BCUT2D eigenvalue weighted by molar-refractivity contribution is -0.130. The molecule has 0 aliphatic carbocycles. The number of nitrogens with one attached hydrogen (secondary N) is 2. The molecular weight excluding hydrogens is 525 g/mol. The standard InChI is InChI=1S/C26H35N5O.HI/c1-27-26(29-18-25(32)31-16-13-23-7-3-4-8-24(23)20-31)28-17-21-9-11-22(12-10-21)19-30-14-5-2-6-15-30;/h3-4,7-12H,2,5-6,13-20H2,1H3,(H2,27,28,29);1H. The molecule has 2 aromatic rings. The number of halogens is 1. The fourth-order valence-corrected chi connectivity index (χ4v) is 4.52. The van der Waals surface area contributed by atoms with Gasteiger partial charge in [-0.2, -0.15) is 0 Å². The SMILES string of the molecule is CN=C(NCC(=O)N1CCc2ccccc2C1)NCc1ccc(CN2CCCCC2)cc1.I. The van der Waals surface area contributed by atoms with Crippen molar-refractivity contribution in [3.8, 4) is 0 Å². The maximum atomic E-state index is 12.7. The van der Waals surface area contributed by atoms with E-state index in [1.165, 1.54) is 54.6 Å². The first kappa shape index (κ1) is 25.5. The summed E-state index contributed by atoms with van der Waals surface area (Å²) in [6.45, 7) is 5.85. The summed E-state index contributed by atoms with van der Waals surface area (Å²) in [7, 11) is 1.73. The Balaban J connectivity index is 0.00000306. The lowest BCUT2D eigenvalue weighted by atomic mass is 10.00. The first-order valence-electron chi connectivity index (χ1n) is 11.8. The van der Waals surface area contributed by atoms with E-state index in [-0.39, 0.29) is 36.4 Å². The van der Waals surface area contributed by atoms with Crippen LogP contribution >= 0.6 is 24.0 Å². The van der Waals surface area contributed by atoms with Crippen LogP contribution in [-0.4, -0.2) is 54.9 Å². The van der Waals surface area contributed by atoms with Gasteiger partial charge in [-0.3, -0.25) is 14.7 Å².